The zero-order chi connectivity index (χ0) is 6.53. The van der Waals surface area contributed by atoms with Gasteiger partial charge in [0.15, 0.2) is 0 Å². The van der Waals surface area contributed by atoms with E-state index < -0.39 is 0 Å². The molecule has 0 bridgehead atoms. The molecule has 1 aliphatic carbocycles. The normalized spacial score (nSPS) is 21.3. The number of carbonyl (C=O) groups excluding carboxylic acids is 1. The molecule has 0 atom stereocenters. The summed E-state index contributed by atoms with van der Waals surface area (Å²) in [5, 5.41) is 0. The van der Waals surface area contributed by atoms with Crippen molar-refractivity contribution in [2.75, 3.05) is 0 Å². The van der Waals surface area contributed by atoms with E-state index in [2.05, 4.69) is 0 Å². The Morgan fingerprint density at radius 1 is 1.22 bits per heavy atom. The highest BCUT2D eigenvalue weighted by Crippen LogP contribution is 2.25. The number of carbonyl (C=O) groups is 1. The summed E-state index contributed by atoms with van der Waals surface area (Å²) in [4.78, 5) is 9.87. The quantitative estimate of drug-likeness (QED) is 0.406. The molecule has 1 rings (SSSR count). The van der Waals surface area contributed by atoms with Gasteiger partial charge in [0.1, 0.15) is 6.29 Å². The highest BCUT2D eigenvalue weighted by Gasteiger charge is 2.10. The standard InChI is InChI=1S/C8H12O/c9-7-3-6-8-4-1-2-5-8/h3,6-8H,1-2,4-5H2/b6-3+. The van der Waals surface area contributed by atoms with E-state index >= 15 is 0 Å². The van der Waals surface area contributed by atoms with Crippen LogP contribution < -0.4 is 0 Å². The first-order chi connectivity index (χ1) is 4.43. The summed E-state index contributed by atoms with van der Waals surface area (Å²) in [7, 11) is 0. The summed E-state index contributed by atoms with van der Waals surface area (Å²) in [6.45, 7) is 0. The number of aldehydes is 1. The zero-order valence-electron chi connectivity index (χ0n) is 5.55. The SMILES string of the molecule is O=C/C=C/C1CCCC1. The molecule has 0 heterocycles. The monoisotopic (exact) mass is 124 g/mol. The lowest BCUT2D eigenvalue weighted by Crippen LogP contribution is -1.84. The van der Waals surface area contributed by atoms with Gasteiger partial charge in [0, 0.05) is 0 Å². The highest BCUT2D eigenvalue weighted by atomic mass is 16.1. The maximum absolute atomic E-state index is 9.87. The molecule has 0 unspecified atom stereocenters. The van der Waals surface area contributed by atoms with E-state index in [4.69, 9.17) is 0 Å². The van der Waals surface area contributed by atoms with E-state index in [9.17, 15) is 4.79 Å². The Hall–Kier alpha value is -0.590. The van der Waals surface area contributed by atoms with Gasteiger partial charge in [-0.05, 0) is 24.8 Å². The molecule has 1 saturated carbocycles. The molecule has 1 nitrogen and oxygen atoms in total. The van der Waals surface area contributed by atoms with Crippen molar-refractivity contribution in [1.82, 2.24) is 0 Å². The Bertz CT molecular complexity index is 110. The maximum Gasteiger partial charge on any atom is 0.142 e. The zero-order valence-corrected chi connectivity index (χ0v) is 5.55. The Balaban J connectivity index is 2.25. The average molecular weight is 124 g/mol. The van der Waals surface area contributed by atoms with E-state index in [1.165, 1.54) is 25.7 Å². The number of rotatable bonds is 2. The fraction of sp³-hybridized carbons (Fsp3) is 0.625. The minimum absolute atomic E-state index is 0.704. The van der Waals surface area contributed by atoms with Gasteiger partial charge in [0.2, 0.25) is 0 Å². The Morgan fingerprint density at radius 2 is 1.89 bits per heavy atom. The van der Waals surface area contributed by atoms with Gasteiger partial charge >= 0.3 is 0 Å². The third-order valence-electron chi connectivity index (χ3n) is 1.86. The molecular formula is C8H12O. The third-order valence-corrected chi connectivity index (χ3v) is 1.86. The lowest BCUT2D eigenvalue weighted by Gasteiger charge is -1.96. The van der Waals surface area contributed by atoms with Gasteiger partial charge in [0.05, 0.1) is 0 Å². The van der Waals surface area contributed by atoms with Crippen LogP contribution in [-0.4, -0.2) is 6.29 Å². The second kappa shape index (κ2) is 3.44. The van der Waals surface area contributed by atoms with Crippen LogP contribution in [0.3, 0.4) is 0 Å². The summed E-state index contributed by atoms with van der Waals surface area (Å²) < 4.78 is 0. The third kappa shape index (κ3) is 2.00. The predicted molar refractivity (Wildman–Crippen MR) is 37.2 cm³/mol. The first-order valence-electron chi connectivity index (χ1n) is 3.55. The molecule has 9 heavy (non-hydrogen) atoms. The second-order valence-corrected chi connectivity index (χ2v) is 2.57. The van der Waals surface area contributed by atoms with E-state index in [-0.39, 0.29) is 0 Å². The van der Waals surface area contributed by atoms with Gasteiger partial charge in [0.25, 0.3) is 0 Å². The highest BCUT2D eigenvalue weighted by molar-refractivity contribution is 5.64. The van der Waals surface area contributed by atoms with Crippen molar-refractivity contribution in [3.8, 4) is 0 Å². The Labute approximate surface area is 55.8 Å². The average Bonchev–Trinajstić information content (AvgIpc) is 2.34. The summed E-state index contributed by atoms with van der Waals surface area (Å²) in [5.41, 5.74) is 0. The predicted octanol–water partition coefficient (Wildman–Crippen LogP) is 1.93. The Morgan fingerprint density at radius 3 is 2.44 bits per heavy atom. The number of allylic oxidation sites excluding steroid dienone is 2. The molecule has 0 aromatic carbocycles. The van der Waals surface area contributed by atoms with E-state index in [0.717, 1.165) is 6.29 Å². The van der Waals surface area contributed by atoms with Gasteiger partial charge in [-0.1, -0.05) is 18.9 Å². The van der Waals surface area contributed by atoms with Gasteiger partial charge in [-0.25, -0.2) is 0 Å². The smallest absolute Gasteiger partial charge is 0.142 e. The van der Waals surface area contributed by atoms with E-state index in [0.29, 0.717) is 5.92 Å². The van der Waals surface area contributed by atoms with Crippen LogP contribution in [-0.2, 0) is 4.79 Å². The molecule has 0 aromatic rings. The molecule has 0 N–H and O–H groups in total. The van der Waals surface area contributed by atoms with Crippen LogP contribution in [0.25, 0.3) is 0 Å². The summed E-state index contributed by atoms with van der Waals surface area (Å²) in [5.74, 6) is 0.704. The van der Waals surface area contributed by atoms with Crippen molar-refractivity contribution in [2.24, 2.45) is 5.92 Å². The molecule has 0 spiro atoms. The van der Waals surface area contributed by atoms with Gasteiger partial charge in [-0.2, -0.15) is 0 Å². The van der Waals surface area contributed by atoms with Crippen LogP contribution in [0.5, 0.6) is 0 Å². The van der Waals surface area contributed by atoms with Gasteiger partial charge in [-0.3, -0.25) is 4.79 Å². The van der Waals surface area contributed by atoms with Gasteiger partial charge < -0.3 is 0 Å². The minimum atomic E-state index is 0.704. The molecule has 0 saturated heterocycles. The summed E-state index contributed by atoms with van der Waals surface area (Å²) in [6, 6.07) is 0. The van der Waals surface area contributed by atoms with Crippen LogP contribution in [0.2, 0.25) is 0 Å². The molecular weight excluding hydrogens is 112 g/mol. The molecule has 0 aliphatic heterocycles. The molecule has 50 valence electrons. The van der Waals surface area contributed by atoms with Crippen molar-refractivity contribution in [1.29, 1.82) is 0 Å². The lowest BCUT2D eigenvalue weighted by molar-refractivity contribution is -0.104. The van der Waals surface area contributed by atoms with Crippen molar-refractivity contribution in [3.63, 3.8) is 0 Å². The largest absolute Gasteiger partial charge is 0.299 e. The van der Waals surface area contributed by atoms with E-state index in [1.807, 2.05) is 6.08 Å². The molecule has 0 amide bonds. The van der Waals surface area contributed by atoms with Crippen LogP contribution >= 0.6 is 0 Å². The molecule has 0 aromatic heterocycles. The molecule has 1 fully saturated rings. The summed E-state index contributed by atoms with van der Waals surface area (Å²) in [6.07, 6.45) is 9.75. The fourth-order valence-electron chi connectivity index (χ4n) is 1.35. The van der Waals surface area contributed by atoms with Gasteiger partial charge in [-0.15, -0.1) is 0 Å². The van der Waals surface area contributed by atoms with Crippen LogP contribution in [0.1, 0.15) is 25.7 Å². The number of hydrogen-bond donors (Lipinski definition) is 0. The van der Waals surface area contributed by atoms with Crippen molar-refractivity contribution in [3.05, 3.63) is 12.2 Å². The molecule has 1 heteroatoms. The maximum atomic E-state index is 9.87. The van der Waals surface area contributed by atoms with Crippen molar-refractivity contribution < 1.29 is 4.79 Å². The fourth-order valence-corrected chi connectivity index (χ4v) is 1.35. The first kappa shape index (κ1) is 6.53. The van der Waals surface area contributed by atoms with Crippen LogP contribution in [0.15, 0.2) is 12.2 Å². The van der Waals surface area contributed by atoms with E-state index in [1.54, 1.807) is 6.08 Å². The lowest BCUT2D eigenvalue weighted by atomic mass is 10.1. The Kier molecular flexibility index (Phi) is 2.49. The topological polar surface area (TPSA) is 17.1 Å². The minimum Gasteiger partial charge on any atom is -0.299 e. The summed E-state index contributed by atoms with van der Waals surface area (Å²) >= 11 is 0. The second-order valence-electron chi connectivity index (χ2n) is 2.57. The van der Waals surface area contributed by atoms with Crippen molar-refractivity contribution >= 4 is 6.29 Å². The molecule has 1 aliphatic rings. The van der Waals surface area contributed by atoms with Crippen LogP contribution in [0, 0.1) is 5.92 Å². The molecule has 0 radical (unpaired) electrons. The van der Waals surface area contributed by atoms with Crippen LogP contribution in [0.4, 0.5) is 0 Å². The van der Waals surface area contributed by atoms with Crippen molar-refractivity contribution in [2.45, 2.75) is 25.7 Å². The first-order valence-corrected chi connectivity index (χ1v) is 3.55. The number of hydrogen-bond acceptors (Lipinski definition) is 1.